The van der Waals surface area contributed by atoms with Crippen molar-refractivity contribution in [3.05, 3.63) is 71.9 Å². The van der Waals surface area contributed by atoms with E-state index in [1.165, 1.54) is 0 Å². The van der Waals surface area contributed by atoms with Crippen molar-refractivity contribution in [3.8, 4) is 17.3 Å². The number of rotatable bonds is 11. The first kappa shape index (κ1) is 25.0. The van der Waals surface area contributed by atoms with Crippen molar-refractivity contribution in [2.24, 2.45) is 0 Å². The average molecular weight is 452 g/mol. The first-order valence-electron chi connectivity index (χ1n) is 11.7. The van der Waals surface area contributed by atoms with Gasteiger partial charge in [-0.1, -0.05) is 43.3 Å². The summed E-state index contributed by atoms with van der Waals surface area (Å²) in [5.41, 5.74) is 2.59. The van der Waals surface area contributed by atoms with Crippen LogP contribution < -0.4 is 4.74 Å². The highest BCUT2D eigenvalue weighted by Gasteiger charge is 2.23. The van der Waals surface area contributed by atoms with E-state index >= 15 is 0 Å². The first-order valence-corrected chi connectivity index (χ1v) is 11.7. The summed E-state index contributed by atoms with van der Waals surface area (Å²) in [4.78, 5) is 2.24. The van der Waals surface area contributed by atoms with E-state index < -0.39 is 6.10 Å². The molecule has 3 rings (SSSR count). The minimum atomic E-state index is -0.571. The first-order chi connectivity index (χ1) is 15.8. The molecule has 6 nitrogen and oxygen atoms in total. The Morgan fingerprint density at radius 3 is 2.27 bits per heavy atom. The lowest BCUT2D eigenvalue weighted by Gasteiger charge is -2.27. The topological polar surface area (TPSA) is 59.8 Å². The van der Waals surface area contributed by atoms with E-state index in [0.29, 0.717) is 25.6 Å². The summed E-state index contributed by atoms with van der Waals surface area (Å²) in [5, 5.41) is 15.4. The van der Waals surface area contributed by atoms with Crippen LogP contribution in [0.5, 0.6) is 11.6 Å². The molecule has 1 N–H and O–H groups in total. The van der Waals surface area contributed by atoms with Crippen molar-refractivity contribution in [2.45, 2.75) is 59.3 Å². The number of aromatic nitrogens is 2. The van der Waals surface area contributed by atoms with Gasteiger partial charge >= 0.3 is 0 Å². The van der Waals surface area contributed by atoms with Crippen LogP contribution in [0, 0.1) is 6.92 Å². The fourth-order valence-electron chi connectivity index (χ4n) is 3.64. The lowest BCUT2D eigenvalue weighted by Crippen LogP contribution is -2.37. The lowest BCUT2D eigenvalue weighted by atomic mass is 10.2. The van der Waals surface area contributed by atoms with Crippen LogP contribution in [0.3, 0.4) is 0 Å². The lowest BCUT2D eigenvalue weighted by molar-refractivity contribution is -0.0567. The smallest absolute Gasteiger partial charge is 0.227 e. The number of benzene rings is 2. The number of aliphatic hydroxyl groups is 1. The maximum atomic E-state index is 10.6. The van der Waals surface area contributed by atoms with Gasteiger partial charge in [-0.25, -0.2) is 4.68 Å². The number of ether oxygens (including phenoxy) is 2. The van der Waals surface area contributed by atoms with Crippen LogP contribution in [0.1, 0.15) is 45.4 Å². The van der Waals surface area contributed by atoms with Crippen molar-refractivity contribution < 1.29 is 14.6 Å². The van der Waals surface area contributed by atoms with Gasteiger partial charge in [-0.3, -0.25) is 4.90 Å². The van der Waals surface area contributed by atoms with Gasteiger partial charge in [0.15, 0.2) is 0 Å². The van der Waals surface area contributed by atoms with Gasteiger partial charge in [0, 0.05) is 13.1 Å². The molecule has 0 fully saturated rings. The van der Waals surface area contributed by atoms with E-state index in [0.717, 1.165) is 35.7 Å². The number of aryl methyl sites for hydroxylation is 1. The van der Waals surface area contributed by atoms with E-state index in [4.69, 9.17) is 14.6 Å². The predicted molar refractivity (Wildman–Crippen MR) is 132 cm³/mol. The Bertz CT molecular complexity index is 981. The summed E-state index contributed by atoms with van der Waals surface area (Å²) in [6.07, 6.45) is 0.409. The minimum absolute atomic E-state index is 0.277. The largest absolute Gasteiger partial charge is 0.439 e. The average Bonchev–Trinajstić information content (AvgIpc) is 3.08. The molecule has 1 heterocycles. The second kappa shape index (κ2) is 11.5. The molecule has 0 unspecified atom stereocenters. The Kier molecular flexibility index (Phi) is 8.67. The molecule has 33 heavy (non-hydrogen) atoms. The minimum Gasteiger partial charge on any atom is -0.439 e. The van der Waals surface area contributed by atoms with Crippen molar-refractivity contribution >= 4 is 0 Å². The zero-order valence-corrected chi connectivity index (χ0v) is 20.5. The van der Waals surface area contributed by atoms with Gasteiger partial charge in [0.25, 0.3) is 0 Å². The Hall–Kier alpha value is -2.67. The molecule has 0 bridgehead atoms. The zero-order chi connectivity index (χ0) is 23.8. The Labute approximate surface area is 197 Å². The molecule has 3 aromatic rings. The van der Waals surface area contributed by atoms with Gasteiger partial charge in [0.05, 0.1) is 35.3 Å². The molecule has 0 saturated heterocycles. The zero-order valence-electron chi connectivity index (χ0n) is 20.5. The summed E-state index contributed by atoms with van der Waals surface area (Å²) >= 11 is 0. The van der Waals surface area contributed by atoms with Crippen molar-refractivity contribution in [1.82, 2.24) is 14.7 Å². The van der Waals surface area contributed by atoms with Gasteiger partial charge in [0.2, 0.25) is 5.88 Å². The molecule has 2 aromatic carbocycles. The fraction of sp³-hybridized carbons (Fsp3) is 0.444. The van der Waals surface area contributed by atoms with Crippen LogP contribution in [0.2, 0.25) is 0 Å². The van der Waals surface area contributed by atoms with Gasteiger partial charge in [0.1, 0.15) is 5.75 Å². The van der Waals surface area contributed by atoms with Crippen LogP contribution in [0.15, 0.2) is 60.7 Å². The maximum Gasteiger partial charge on any atom is 0.227 e. The standard InChI is InChI=1S/C27H37N3O3/c1-6-17-29(18-23(31)20-32-27(3,4)5)19-25-21(2)28-30(22-13-9-7-10-14-22)26(25)33-24-15-11-8-12-16-24/h7-16,23,31H,6,17-20H2,1-5H3/t23-/m0/s1. The molecule has 0 aliphatic rings. The molecule has 0 spiro atoms. The highest BCUT2D eigenvalue weighted by Crippen LogP contribution is 2.31. The summed E-state index contributed by atoms with van der Waals surface area (Å²) in [6.45, 7) is 12.5. The normalized spacial score (nSPS) is 12.8. The highest BCUT2D eigenvalue weighted by atomic mass is 16.5. The fourth-order valence-corrected chi connectivity index (χ4v) is 3.64. The van der Waals surface area contributed by atoms with E-state index in [9.17, 15) is 5.11 Å². The van der Waals surface area contributed by atoms with Gasteiger partial charge in [-0.15, -0.1) is 0 Å². The summed E-state index contributed by atoms with van der Waals surface area (Å²) in [6, 6.07) is 19.8. The second-order valence-electron chi connectivity index (χ2n) is 9.34. The van der Waals surface area contributed by atoms with E-state index in [1.807, 2.05) is 93.0 Å². The van der Waals surface area contributed by atoms with Crippen molar-refractivity contribution in [3.63, 3.8) is 0 Å². The number of nitrogens with zero attached hydrogens (tertiary/aromatic N) is 3. The third kappa shape index (κ3) is 7.42. The third-order valence-corrected chi connectivity index (χ3v) is 5.19. The van der Waals surface area contributed by atoms with E-state index in [-0.39, 0.29) is 5.60 Å². The summed E-state index contributed by atoms with van der Waals surface area (Å²) in [7, 11) is 0. The molecule has 6 heteroatoms. The molecule has 178 valence electrons. The Balaban J connectivity index is 1.88. The molecule has 0 radical (unpaired) electrons. The van der Waals surface area contributed by atoms with Crippen LogP contribution in [-0.2, 0) is 11.3 Å². The molecular formula is C27H37N3O3. The summed E-state index contributed by atoms with van der Waals surface area (Å²) < 4.78 is 14.0. The number of hydrogen-bond donors (Lipinski definition) is 1. The number of para-hydroxylation sites is 2. The number of aliphatic hydroxyl groups excluding tert-OH is 1. The highest BCUT2D eigenvalue weighted by molar-refractivity contribution is 5.43. The maximum absolute atomic E-state index is 10.6. The third-order valence-electron chi connectivity index (χ3n) is 5.19. The molecule has 0 amide bonds. The van der Waals surface area contributed by atoms with E-state index in [1.54, 1.807) is 0 Å². The monoisotopic (exact) mass is 451 g/mol. The quantitative estimate of drug-likeness (QED) is 0.425. The predicted octanol–water partition coefficient (Wildman–Crippen LogP) is 5.36. The molecule has 1 atom stereocenters. The number of hydrogen-bond acceptors (Lipinski definition) is 5. The molecule has 0 saturated carbocycles. The Morgan fingerprint density at radius 1 is 1.03 bits per heavy atom. The molecule has 0 aliphatic heterocycles. The van der Waals surface area contributed by atoms with Gasteiger partial charge in [-0.05, 0) is 64.9 Å². The van der Waals surface area contributed by atoms with Gasteiger partial charge < -0.3 is 14.6 Å². The van der Waals surface area contributed by atoms with Crippen LogP contribution in [0.4, 0.5) is 0 Å². The van der Waals surface area contributed by atoms with Crippen LogP contribution >= 0.6 is 0 Å². The van der Waals surface area contributed by atoms with Crippen molar-refractivity contribution in [1.29, 1.82) is 0 Å². The summed E-state index contributed by atoms with van der Waals surface area (Å²) in [5.74, 6) is 1.46. The second-order valence-corrected chi connectivity index (χ2v) is 9.34. The van der Waals surface area contributed by atoms with E-state index in [2.05, 4.69) is 11.8 Å². The molecule has 0 aliphatic carbocycles. The Morgan fingerprint density at radius 2 is 1.67 bits per heavy atom. The molecular weight excluding hydrogens is 414 g/mol. The van der Waals surface area contributed by atoms with Crippen molar-refractivity contribution in [2.75, 3.05) is 19.7 Å². The van der Waals surface area contributed by atoms with Gasteiger partial charge in [-0.2, -0.15) is 5.10 Å². The van der Waals surface area contributed by atoms with Crippen LogP contribution in [-0.4, -0.2) is 51.2 Å². The SMILES string of the molecule is CCCN(Cc1c(C)nn(-c2ccccc2)c1Oc1ccccc1)C[C@H](O)COC(C)(C)C. The van der Waals surface area contributed by atoms with Crippen LogP contribution in [0.25, 0.3) is 5.69 Å². The molecule has 1 aromatic heterocycles.